The smallest absolute Gasteiger partial charge is 0.325 e. The van der Waals surface area contributed by atoms with E-state index in [1.807, 2.05) is 24.3 Å². The predicted octanol–water partition coefficient (Wildman–Crippen LogP) is 1.69. The number of hydrogen-bond donors (Lipinski definition) is 2. The van der Waals surface area contributed by atoms with Gasteiger partial charge in [0.25, 0.3) is 0 Å². The Morgan fingerprint density at radius 3 is 2.74 bits per heavy atom. The lowest BCUT2D eigenvalue weighted by atomic mass is 10.1. The number of hydrogen-bond acceptors (Lipinski definition) is 5. The van der Waals surface area contributed by atoms with E-state index < -0.39 is 5.97 Å². The van der Waals surface area contributed by atoms with Gasteiger partial charge in [-0.25, -0.2) is 14.6 Å². The van der Waals surface area contributed by atoms with Crippen molar-refractivity contribution in [3.8, 4) is 22.8 Å². The minimum atomic E-state index is -0.948. The van der Waals surface area contributed by atoms with E-state index in [1.165, 1.54) is 11.0 Å². The Hall–Kier alpha value is -3.03. The molecule has 0 radical (unpaired) electrons. The van der Waals surface area contributed by atoms with Gasteiger partial charge in [0.05, 0.1) is 0 Å². The van der Waals surface area contributed by atoms with Crippen LogP contribution in [0, 0.1) is 0 Å². The van der Waals surface area contributed by atoms with Gasteiger partial charge in [-0.1, -0.05) is 24.3 Å². The third-order valence-electron chi connectivity index (χ3n) is 3.75. The summed E-state index contributed by atoms with van der Waals surface area (Å²) in [6.07, 6.45) is 3.55. The second-order valence-electron chi connectivity index (χ2n) is 5.50. The van der Waals surface area contributed by atoms with E-state index in [0.29, 0.717) is 23.4 Å². The number of aromatic amines is 1. The van der Waals surface area contributed by atoms with Crippen LogP contribution in [0.2, 0.25) is 0 Å². The van der Waals surface area contributed by atoms with E-state index in [-0.39, 0.29) is 6.54 Å². The summed E-state index contributed by atoms with van der Waals surface area (Å²) in [5.74, 6) is 1.27. The third-order valence-corrected chi connectivity index (χ3v) is 3.75. The minimum Gasteiger partial charge on any atom is -0.480 e. The molecule has 0 unspecified atom stereocenters. The Balaban J connectivity index is 1.85. The first kappa shape index (κ1) is 13.6. The largest absolute Gasteiger partial charge is 0.480 e. The van der Waals surface area contributed by atoms with Gasteiger partial charge >= 0.3 is 5.97 Å². The van der Waals surface area contributed by atoms with Crippen LogP contribution >= 0.6 is 0 Å². The van der Waals surface area contributed by atoms with Crippen LogP contribution < -0.4 is 0 Å². The second kappa shape index (κ2) is 5.31. The maximum atomic E-state index is 11.1. The molecule has 0 bridgehead atoms. The molecule has 1 saturated carbocycles. The summed E-state index contributed by atoms with van der Waals surface area (Å²) in [6.45, 7) is -0.222. The van der Waals surface area contributed by atoms with Gasteiger partial charge in [0, 0.05) is 17.0 Å². The van der Waals surface area contributed by atoms with Gasteiger partial charge in [-0.2, -0.15) is 10.2 Å². The highest BCUT2D eigenvalue weighted by atomic mass is 16.4. The molecule has 116 valence electrons. The van der Waals surface area contributed by atoms with Crippen molar-refractivity contribution in [1.29, 1.82) is 0 Å². The summed E-state index contributed by atoms with van der Waals surface area (Å²) < 4.78 is 1.45. The Kier molecular flexibility index (Phi) is 3.14. The van der Waals surface area contributed by atoms with Crippen LogP contribution in [-0.4, -0.2) is 41.0 Å². The van der Waals surface area contributed by atoms with Crippen molar-refractivity contribution < 1.29 is 9.90 Å². The van der Waals surface area contributed by atoms with Crippen molar-refractivity contribution in [2.75, 3.05) is 0 Å². The van der Waals surface area contributed by atoms with E-state index in [9.17, 15) is 4.79 Å². The normalized spacial score (nSPS) is 14.1. The highest BCUT2D eigenvalue weighted by molar-refractivity contribution is 5.77. The number of rotatable bonds is 5. The first-order chi connectivity index (χ1) is 11.2. The molecule has 0 saturated heterocycles. The number of carbonyl (C=O) groups is 1. The standard InChI is InChI=1S/C15H14N6O2/c22-12(23)7-21-15(18-13(20-21)9-5-6-9)11-4-2-1-3-10(11)14-16-8-17-19-14/h1-4,8-9H,5-7H2,(H,22,23)(H,16,17,19). The zero-order valence-corrected chi connectivity index (χ0v) is 12.2. The van der Waals surface area contributed by atoms with Crippen LogP contribution in [0.1, 0.15) is 24.6 Å². The molecule has 1 aliphatic carbocycles. The van der Waals surface area contributed by atoms with Gasteiger partial charge < -0.3 is 5.11 Å². The molecular formula is C15H14N6O2. The van der Waals surface area contributed by atoms with Crippen molar-refractivity contribution >= 4 is 5.97 Å². The highest BCUT2D eigenvalue weighted by Gasteiger charge is 2.30. The molecule has 23 heavy (non-hydrogen) atoms. The number of benzene rings is 1. The molecule has 2 N–H and O–H groups in total. The van der Waals surface area contributed by atoms with Crippen LogP contribution in [-0.2, 0) is 11.3 Å². The summed E-state index contributed by atoms with van der Waals surface area (Å²) in [5.41, 5.74) is 1.59. The fourth-order valence-electron chi connectivity index (χ4n) is 2.53. The van der Waals surface area contributed by atoms with Gasteiger partial charge in [0.2, 0.25) is 0 Å². The first-order valence-corrected chi connectivity index (χ1v) is 7.34. The summed E-state index contributed by atoms with van der Waals surface area (Å²) >= 11 is 0. The first-order valence-electron chi connectivity index (χ1n) is 7.34. The number of H-pyrrole nitrogens is 1. The van der Waals surface area contributed by atoms with Gasteiger partial charge in [0.1, 0.15) is 12.9 Å². The van der Waals surface area contributed by atoms with Gasteiger partial charge in [-0.05, 0) is 12.8 Å². The second-order valence-corrected chi connectivity index (χ2v) is 5.50. The zero-order valence-electron chi connectivity index (χ0n) is 12.2. The Labute approximate surface area is 131 Å². The van der Waals surface area contributed by atoms with Crippen molar-refractivity contribution in [2.45, 2.75) is 25.3 Å². The van der Waals surface area contributed by atoms with E-state index in [4.69, 9.17) is 5.11 Å². The van der Waals surface area contributed by atoms with Crippen LogP contribution in [0.3, 0.4) is 0 Å². The topological polar surface area (TPSA) is 110 Å². The lowest BCUT2D eigenvalue weighted by molar-refractivity contribution is -0.137. The number of nitrogens with one attached hydrogen (secondary N) is 1. The molecule has 8 heteroatoms. The zero-order chi connectivity index (χ0) is 15.8. The minimum absolute atomic E-state index is 0.222. The molecule has 3 aromatic rings. The third kappa shape index (κ3) is 2.59. The molecule has 1 fully saturated rings. The molecular weight excluding hydrogens is 296 g/mol. The average Bonchev–Trinajstić information content (AvgIpc) is 3.09. The van der Waals surface area contributed by atoms with E-state index >= 15 is 0 Å². The van der Waals surface area contributed by atoms with Crippen molar-refractivity contribution in [2.24, 2.45) is 0 Å². The van der Waals surface area contributed by atoms with Gasteiger partial charge in [-0.3, -0.25) is 9.89 Å². The fourth-order valence-corrected chi connectivity index (χ4v) is 2.53. The summed E-state index contributed by atoms with van der Waals surface area (Å²) in [7, 11) is 0. The monoisotopic (exact) mass is 310 g/mol. The number of carboxylic acid groups (broad SMARTS) is 1. The summed E-state index contributed by atoms with van der Waals surface area (Å²) in [4.78, 5) is 19.9. The Morgan fingerprint density at radius 2 is 2.09 bits per heavy atom. The van der Waals surface area contributed by atoms with Crippen molar-refractivity contribution in [3.05, 3.63) is 36.4 Å². The average molecular weight is 310 g/mol. The van der Waals surface area contributed by atoms with Crippen molar-refractivity contribution in [3.63, 3.8) is 0 Å². The maximum absolute atomic E-state index is 11.1. The molecule has 4 rings (SSSR count). The highest BCUT2D eigenvalue weighted by Crippen LogP contribution is 2.39. The number of aliphatic carboxylic acids is 1. The SMILES string of the molecule is O=C(O)Cn1nc(C2CC2)nc1-c1ccccc1-c1ncn[nH]1. The summed E-state index contributed by atoms with van der Waals surface area (Å²) in [5, 5.41) is 20.2. The Morgan fingerprint density at radius 1 is 1.30 bits per heavy atom. The molecule has 0 aliphatic heterocycles. The number of nitrogens with zero attached hydrogens (tertiary/aromatic N) is 5. The van der Waals surface area contributed by atoms with Crippen molar-refractivity contribution in [1.82, 2.24) is 29.9 Å². The number of aromatic nitrogens is 6. The van der Waals surface area contributed by atoms with Gasteiger partial charge in [-0.15, -0.1) is 0 Å². The molecule has 0 atom stereocenters. The van der Waals surface area contributed by atoms with E-state index in [0.717, 1.165) is 24.0 Å². The predicted molar refractivity (Wildman–Crippen MR) is 80.4 cm³/mol. The lowest BCUT2D eigenvalue weighted by Crippen LogP contribution is -2.12. The van der Waals surface area contributed by atoms with Crippen LogP contribution in [0.15, 0.2) is 30.6 Å². The quantitative estimate of drug-likeness (QED) is 0.742. The van der Waals surface area contributed by atoms with Crippen LogP contribution in [0.25, 0.3) is 22.8 Å². The number of carboxylic acids is 1. The molecule has 0 amide bonds. The summed E-state index contributed by atoms with van der Waals surface area (Å²) in [6, 6.07) is 7.55. The molecule has 8 nitrogen and oxygen atoms in total. The Bertz CT molecular complexity index is 851. The fraction of sp³-hybridized carbons (Fsp3) is 0.267. The van der Waals surface area contributed by atoms with E-state index in [2.05, 4.69) is 25.3 Å². The van der Waals surface area contributed by atoms with Crippen LogP contribution in [0.5, 0.6) is 0 Å². The lowest BCUT2D eigenvalue weighted by Gasteiger charge is -2.07. The maximum Gasteiger partial charge on any atom is 0.325 e. The van der Waals surface area contributed by atoms with Gasteiger partial charge in [0.15, 0.2) is 17.5 Å². The molecule has 1 aliphatic rings. The molecule has 0 spiro atoms. The van der Waals surface area contributed by atoms with E-state index in [1.54, 1.807) is 0 Å². The molecule has 2 aromatic heterocycles. The molecule has 2 heterocycles. The molecule has 1 aromatic carbocycles. The van der Waals surface area contributed by atoms with Crippen LogP contribution in [0.4, 0.5) is 0 Å².